The fraction of sp³-hybridized carbons (Fsp3) is 0.118. The van der Waals surface area contributed by atoms with Crippen LogP contribution >= 0.6 is 12.2 Å². The summed E-state index contributed by atoms with van der Waals surface area (Å²) < 4.78 is 5.33. The third-order valence-electron chi connectivity index (χ3n) is 3.13. The molecule has 0 bridgehead atoms. The van der Waals surface area contributed by atoms with Gasteiger partial charge >= 0.3 is 5.97 Å². The minimum absolute atomic E-state index is 0.0143. The largest absolute Gasteiger partial charge is 0.507 e. The Kier molecular flexibility index (Phi) is 5.91. The van der Waals surface area contributed by atoms with E-state index in [1.165, 1.54) is 18.2 Å². The van der Waals surface area contributed by atoms with Gasteiger partial charge in [0.1, 0.15) is 17.1 Å². The van der Waals surface area contributed by atoms with Crippen LogP contribution in [0.2, 0.25) is 0 Å². The smallest absolute Gasteiger partial charge is 0.339 e. The third kappa shape index (κ3) is 5.47. The molecule has 0 heterocycles. The molecule has 0 saturated carbocycles. The molecule has 2 aromatic rings. The van der Waals surface area contributed by atoms with Crippen LogP contribution < -0.4 is 15.4 Å². The molecule has 7 nitrogen and oxygen atoms in total. The van der Waals surface area contributed by atoms with Crippen molar-refractivity contribution in [2.45, 2.75) is 6.92 Å². The second-order valence-electron chi connectivity index (χ2n) is 5.14. The molecule has 0 saturated heterocycles. The van der Waals surface area contributed by atoms with E-state index in [4.69, 9.17) is 22.1 Å². The Morgan fingerprint density at radius 2 is 1.84 bits per heavy atom. The number of rotatable bonds is 5. The monoisotopic (exact) mass is 360 g/mol. The summed E-state index contributed by atoms with van der Waals surface area (Å²) >= 11 is 4.99. The number of hydrogen-bond acceptors (Lipinski definition) is 5. The van der Waals surface area contributed by atoms with E-state index in [-0.39, 0.29) is 23.0 Å². The summed E-state index contributed by atoms with van der Waals surface area (Å²) in [5.74, 6) is -1.54. The van der Waals surface area contributed by atoms with Gasteiger partial charge in [-0.3, -0.25) is 10.1 Å². The Morgan fingerprint density at radius 1 is 1.16 bits per heavy atom. The lowest BCUT2D eigenvalue weighted by Gasteiger charge is -2.11. The Hall–Kier alpha value is -3.13. The molecule has 0 atom stereocenters. The van der Waals surface area contributed by atoms with Crippen LogP contribution in [0.15, 0.2) is 42.5 Å². The molecule has 0 aliphatic rings. The van der Waals surface area contributed by atoms with Crippen LogP contribution in [0.25, 0.3) is 0 Å². The summed E-state index contributed by atoms with van der Waals surface area (Å²) in [7, 11) is 0. The zero-order valence-corrected chi connectivity index (χ0v) is 14.1. The molecule has 130 valence electrons. The molecule has 0 fully saturated rings. The zero-order chi connectivity index (χ0) is 18.4. The fourth-order valence-electron chi connectivity index (χ4n) is 1.89. The zero-order valence-electron chi connectivity index (χ0n) is 13.3. The van der Waals surface area contributed by atoms with Gasteiger partial charge in [0.15, 0.2) is 11.7 Å². The highest BCUT2D eigenvalue weighted by molar-refractivity contribution is 7.80. The van der Waals surface area contributed by atoms with Gasteiger partial charge in [-0.25, -0.2) is 4.79 Å². The number of nitrogens with one attached hydrogen (secondary N) is 2. The highest BCUT2D eigenvalue weighted by atomic mass is 32.1. The number of carbonyl (C=O) groups excluding carboxylic acids is 1. The quantitative estimate of drug-likeness (QED) is 0.479. The molecule has 0 radical (unpaired) electrons. The van der Waals surface area contributed by atoms with Crippen LogP contribution in [0.1, 0.15) is 15.9 Å². The van der Waals surface area contributed by atoms with Crippen molar-refractivity contribution < 1.29 is 24.5 Å². The van der Waals surface area contributed by atoms with Crippen molar-refractivity contribution in [3.05, 3.63) is 53.6 Å². The van der Waals surface area contributed by atoms with Gasteiger partial charge in [0.25, 0.3) is 5.91 Å². The van der Waals surface area contributed by atoms with Crippen LogP contribution in [0.3, 0.4) is 0 Å². The molecular formula is C17H16N2O5S. The number of phenols is 1. The number of carboxylic acids is 1. The summed E-state index contributed by atoms with van der Waals surface area (Å²) in [5, 5.41) is 23.5. The predicted octanol–water partition coefficient (Wildman–Crippen LogP) is 2.29. The second kappa shape index (κ2) is 8.11. The molecule has 0 unspecified atom stereocenters. The number of benzene rings is 2. The number of thiocarbonyl (C=S) groups is 1. The van der Waals surface area contributed by atoms with Gasteiger partial charge in [0.05, 0.1) is 0 Å². The van der Waals surface area contributed by atoms with Crippen molar-refractivity contribution in [2.24, 2.45) is 0 Å². The standard InChI is InChI=1S/C17H16N2O5S/c1-10-2-5-12(6-3-10)24-9-15(21)19-17(25)18-11-4-7-14(20)13(8-11)16(22)23/h2-8,20H,9H2,1H3,(H,22,23)(H2,18,19,21,25). The minimum Gasteiger partial charge on any atom is -0.507 e. The fourth-order valence-corrected chi connectivity index (χ4v) is 2.13. The molecule has 2 aromatic carbocycles. The van der Waals surface area contributed by atoms with Gasteiger partial charge in [0, 0.05) is 5.69 Å². The number of ether oxygens (including phenoxy) is 1. The lowest BCUT2D eigenvalue weighted by Crippen LogP contribution is -2.37. The SMILES string of the molecule is Cc1ccc(OCC(=O)NC(=S)Nc2ccc(O)c(C(=O)O)c2)cc1. The van der Waals surface area contributed by atoms with Gasteiger partial charge in [-0.1, -0.05) is 17.7 Å². The number of aryl methyl sites for hydroxylation is 1. The van der Waals surface area contributed by atoms with E-state index in [2.05, 4.69) is 10.6 Å². The number of carboxylic acid groups (broad SMARTS) is 1. The molecule has 25 heavy (non-hydrogen) atoms. The first-order chi connectivity index (χ1) is 11.8. The Labute approximate surface area is 149 Å². The number of hydrogen-bond donors (Lipinski definition) is 4. The van der Waals surface area contributed by atoms with Gasteiger partial charge in [-0.2, -0.15) is 0 Å². The summed E-state index contributed by atoms with van der Waals surface area (Å²) in [4.78, 5) is 22.8. The first-order valence-corrected chi connectivity index (χ1v) is 7.62. The molecule has 0 aliphatic carbocycles. The second-order valence-corrected chi connectivity index (χ2v) is 5.55. The van der Waals surface area contributed by atoms with E-state index < -0.39 is 11.9 Å². The van der Waals surface area contributed by atoms with Crippen molar-refractivity contribution in [2.75, 3.05) is 11.9 Å². The van der Waals surface area contributed by atoms with Crippen molar-refractivity contribution in [1.29, 1.82) is 0 Å². The third-order valence-corrected chi connectivity index (χ3v) is 3.33. The molecule has 0 aromatic heterocycles. The number of aromatic hydroxyl groups is 1. The first kappa shape index (κ1) is 18.2. The molecular weight excluding hydrogens is 344 g/mol. The molecule has 2 rings (SSSR count). The predicted molar refractivity (Wildman–Crippen MR) is 96.1 cm³/mol. The van der Waals surface area contributed by atoms with Crippen molar-refractivity contribution in [3.63, 3.8) is 0 Å². The van der Waals surface area contributed by atoms with E-state index in [1.54, 1.807) is 12.1 Å². The van der Waals surface area contributed by atoms with Crippen LogP contribution in [-0.4, -0.2) is 33.8 Å². The average Bonchev–Trinajstić information content (AvgIpc) is 2.55. The number of aromatic carboxylic acids is 1. The number of amides is 1. The number of anilines is 1. The van der Waals surface area contributed by atoms with Crippen molar-refractivity contribution in [3.8, 4) is 11.5 Å². The van der Waals surface area contributed by atoms with E-state index in [1.807, 2.05) is 19.1 Å². The lowest BCUT2D eigenvalue weighted by molar-refractivity contribution is -0.121. The van der Waals surface area contributed by atoms with Crippen LogP contribution in [-0.2, 0) is 4.79 Å². The Morgan fingerprint density at radius 3 is 2.48 bits per heavy atom. The highest BCUT2D eigenvalue weighted by Crippen LogP contribution is 2.21. The van der Waals surface area contributed by atoms with E-state index in [0.717, 1.165) is 5.56 Å². The molecule has 0 aliphatic heterocycles. The number of carbonyl (C=O) groups is 2. The topological polar surface area (TPSA) is 108 Å². The molecule has 8 heteroatoms. The van der Waals surface area contributed by atoms with Crippen molar-refractivity contribution >= 4 is 34.9 Å². The maximum atomic E-state index is 11.8. The molecule has 1 amide bonds. The maximum Gasteiger partial charge on any atom is 0.339 e. The van der Waals surface area contributed by atoms with Crippen LogP contribution in [0.4, 0.5) is 5.69 Å². The van der Waals surface area contributed by atoms with Crippen molar-refractivity contribution in [1.82, 2.24) is 5.32 Å². The van der Waals surface area contributed by atoms with Crippen LogP contribution in [0.5, 0.6) is 11.5 Å². The summed E-state index contributed by atoms with van der Waals surface area (Å²) in [6, 6.07) is 11.1. The summed E-state index contributed by atoms with van der Waals surface area (Å²) in [6.07, 6.45) is 0. The van der Waals surface area contributed by atoms with Gasteiger partial charge in [-0.05, 0) is 49.5 Å². The normalized spacial score (nSPS) is 9.96. The average molecular weight is 360 g/mol. The first-order valence-electron chi connectivity index (χ1n) is 7.22. The lowest BCUT2D eigenvalue weighted by atomic mass is 10.2. The molecule has 0 spiro atoms. The van der Waals surface area contributed by atoms with Gasteiger partial charge < -0.3 is 20.3 Å². The van der Waals surface area contributed by atoms with E-state index >= 15 is 0 Å². The minimum atomic E-state index is -1.28. The van der Waals surface area contributed by atoms with Crippen LogP contribution in [0, 0.1) is 6.92 Å². The van der Waals surface area contributed by atoms with Gasteiger partial charge in [0.2, 0.25) is 0 Å². The Bertz CT molecular complexity index is 805. The highest BCUT2D eigenvalue weighted by Gasteiger charge is 2.11. The Balaban J connectivity index is 1.87. The van der Waals surface area contributed by atoms with E-state index in [0.29, 0.717) is 11.4 Å². The summed E-state index contributed by atoms with van der Waals surface area (Å²) in [6.45, 7) is 1.72. The summed E-state index contributed by atoms with van der Waals surface area (Å²) in [5.41, 5.74) is 1.12. The van der Waals surface area contributed by atoms with E-state index in [9.17, 15) is 14.7 Å². The molecule has 4 N–H and O–H groups in total. The maximum absolute atomic E-state index is 11.8. The van der Waals surface area contributed by atoms with Gasteiger partial charge in [-0.15, -0.1) is 0 Å².